The molecule has 28 heavy (non-hydrogen) atoms. The monoisotopic (exact) mass is 382 g/mol. The lowest BCUT2D eigenvalue weighted by Crippen LogP contribution is -2.13. The molecule has 146 valence electrons. The predicted octanol–water partition coefficient (Wildman–Crippen LogP) is 3.66. The van der Waals surface area contributed by atoms with Gasteiger partial charge in [-0.1, -0.05) is 0 Å². The van der Waals surface area contributed by atoms with Gasteiger partial charge in [-0.3, -0.25) is 4.79 Å². The first-order valence-corrected chi connectivity index (χ1v) is 8.52. The Morgan fingerprint density at radius 1 is 1.04 bits per heavy atom. The maximum absolute atomic E-state index is 12.5. The molecule has 0 atom stereocenters. The van der Waals surface area contributed by atoms with Crippen LogP contribution in [-0.2, 0) is 4.79 Å². The molecule has 0 aliphatic heterocycles. The van der Waals surface area contributed by atoms with E-state index in [2.05, 4.69) is 5.32 Å². The van der Waals surface area contributed by atoms with Crippen LogP contribution in [0.2, 0.25) is 0 Å². The smallest absolute Gasteiger partial charge is 0.266 e. The molecule has 0 aliphatic carbocycles. The quantitative estimate of drug-likeness (QED) is 0.554. The summed E-state index contributed by atoms with van der Waals surface area (Å²) in [6.07, 6.45) is 1.44. The minimum atomic E-state index is -0.538. The molecular formula is C21H22N2O5. The Labute approximate surface area is 164 Å². The summed E-state index contributed by atoms with van der Waals surface area (Å²) in [5.74, 6) is 1.38. The summed E-state index contributed by atoms with van der Waals surface area (Å²) in [4.78, 5) is 12.5. The van der Waals surface area contributed by atoms with E-state index in [-0.39, 0.29) is 5.57 Å². The summed E-state index contributed by atoms with van der Waals surface area (Å²) >= 11 is 0. The molecule has 0 aromatic heterocycles. The topological polar surface area (TPSA) is 89.8 Å². The zero-order valence-corrected chi connectivity index (χ0v) is 16.2. The average molecular weight is 382 g/mol. The fourth-order valence-corrected chi connectivity index (χ4v) is 2.54. The SMILES string of the molecule is CCOc1ccc(NC(=O)/C(C#N)=C\c2ccc(OC)c(OC)c2OC)cc1. The van der Waals surface area contributed by atoms with Crippen LogP contribution in [0.25, 0.3) is 6.08 Å². The molecule has 0 unspecified atom stereocenters. The highest BCUT2D eigenvalue weighted by atomic mass is 16.5. The van der Waals surface area contributed by atoms with Crippen molar-refractivity contribution in [1.82, 2.24) is 0 Å². The van der Waals surface area contributed by atoms with Crippen LogP contribution >= 0.6 is 0 Å². The van der Waals surface area contributed by atoms with Gasteiger partial charge in [0.2, 0.25) is 5.75 Å². The van der Waals surface area contributed by atoms with Crippen molar-refractivity contribution in [3.63, 3.8) is 0 Å². The van der Waals surface area contributed by atoms with Gasteiger partial charge in [-0.15, -0.1) is 0 Å². The first kappa shape index (κ1) is 20.6. The second-order valence-electron chi connectivity index (χ2n) is 5.50. The lowest BCUT2D eigenvalue weighted by atomic mass is 10.1. The number of carbonyl (C=O) groups is 1. The Morgan fingerprint density at radius 3 is 2.25 bits per heavy atom. The highest BCUT2D eigenvalue weighted by Gasteiger charge is 2.17. The lowest BCUT2D eigenvalue weighted by Gasteiger charge is -2.14. The Bertz CT molecular complexity index is 898. The Balaban J connectivity index is 2.30. The molecular weight excluding hydrogens is 360 g/mol. The van der Waals surface area contributed by atoms with Crippen LogP contribution in [0.15, 0.2) is 42.0 Å². The van der Waals surface area contributed by atoms with Gasteiger partial charge in [-0.25, -0.2) is 0 Å². The normalized spacial score (nSPS) is 10.6. The van der Waals surface area contributed by atoms with Crippen LogP contribution < -0.4 is 24.3 Å². The van der Waals surface area contributed by atoms with Crippen molar-refractivity contribution in [2.24, 2.45) is 0 Å². The highest BCUT2D eigenvalue weighted by Crippen LogP contribution is 2.40. The van der Waals surface area contributed by atoms with Crippen molar-refractivity contribution in [3.05, 3.63) is 47.5 Å². The fraction of sp³-hybridized carbons (Fsp3) is 0.238. The molecule has 0 spiro atoms. The summed E-state index contributed by atoms with van der Waals surface area (Å²) in [5, 5.41) is 12.1. The summed E-state index contributed by atoms with van der Waals surface area (Å²) in [5.41, 5.74) is 0.979. The molecule has 2 aromatic rings. The fourth-order valence-electron chi connectivity index (χ4n) is 2.54. The Morgan fingerprint density at radius 2 is 1.71 bits per heavy atom. The number of nitrogens with one attached hydrogen (secondary N) is 1. The van der Waals surface area contributed by atoms with Gasteiger partial charge in [-0.05, 0) is 49.4 Å². The summed E-state index contributed by atoms with van der Waals surface area (Å²) in [6.45, 7) is 2.45. The van der Waals surface area contributed by atoms with E-state index >= 15 is 0 Å². The second-order valence-corrected chi connectivity index (χ2v) is 5.50. The number of ether oxygens (including phenoxy) is 4. The molecule has 2 aromatic carbocycles. The number of rotatable bonds is 8. The second kappa shape index (κ2) is 9.88. The highest BCUT2D eigenvalue weighted by molar-refractivity contribution is 6.09. The number of anilines is 1. The number of methoxy groups -OCH3 is 3. The van der Waals surface area contributed by atoms with Crippen molar-refractivity contribution in [2.45, 2.75) is 6.92 Å². The predicted molar refractivity (Wildman–Crippen MR) is 106 cm³/mol. The van der Waals surface area contributed by atoms with Crippen LogP contribution in [0.4, 0.5) is 5.69 Å². The van der Waals surface area contributed by atoms with Gasteiger partial charge in [0.15, 0.2) is 11.5 Å². The van der Waals surface area contributed by atoms with Gasteiger partial charge in [0.1, 0.15) is 17.4 Å². The molecule has 0 saturated carbocycles. The number of benzene rings is 2. The largest absolute Gasteiger partial charge is 0.494 e. The van der Waals surface area contributed by atoms with E-state index < -0.39 is 5.91 Å². The molecule has 0 saturated heterocycles. The van der Waals surface area contributed by atoms with Gasteiger partial charge in [0.05, 0.1) is 27.9 Å². The summed E-state index contributed by atoms with van der Waals surface area (Å²) in [6, 6.07) is 12.2. The molecule has 0 heterocycles. The Hall–Kier alpha value is -3.66. The zero-order valence-electron chi connectivity index (χ0n) is 16.2. The van der Waals surface area contributed by atoms with Gasteiger partial charge in [-0.2, -0.15) is 5.26 Å². The standard InChI is InChI=1S/C21H22N2O5/c1-5-28-17-9-7-16(8-10-17)23-21(24)15(13-22)12-14-6-11-18(25-2)20(27-4)19(14)26-3/h6-12H,5H2,1-4H3,(H,23,24)/b15-12-. The number of hydrogen-bond acceptors (Lipinski definition) is 6. The molecule has 0 bridgehead atoms. The number of nitrogens with zero attached hydrogens (tertiary/aromatic N) is 1. The van der Waals surface area contributed by atoms with E-state index in [1.54, 1.807) is 36.4 Å². The zero-order chi connectivity index (χ0) is 20.5. The lowest BCUT2D eigenvalue weighted by molar-refractivity contribution is -0.112. The number of carbonyl (C=O) groups excluding carboxylic acids is 1. The van der Waals surface area contributed by atoms with Crippen LogP contribution in [0.5, 0.6) is 23.0 Å². The maximum Gasteiger partial charge on any atom is 0.266 e. The number of hydrogen-bond donors (Lipinski definition) is 1. The van der Waals surface area contributed by atoms with Gasteiger partial charge < -0.3 is 24.3 Å². The minimum absolute atomic E-state index is 0.0839. The molecule has 1 amide bonds. The molecule has 0 radical (unpaired) electrons. The third-order valence-electron chi connectivity index (χ3n) is 3.82. The van der Waals surface area contributed by atoms with Gasteiger partial charge in [0.25, 0.3) is 5.91 Å². The molecule has 0 aliphatic rings. The van der Waals surface area contributed by atoms with Crippen molar-refractivity contribution in [3.8, 4) is 29.1 Å². The summed E-state index contributed by atoms with van der Waals surface area (Å²) < 4.78 is 21.3. The van der Waals surface area contributed by atoms with E-state index in [0.717, 1.165) is 0 Å². The first-order chi connectivity index (χ1) is 13.6. The van der Waals surface area contributed by atoms with Gasteiger partial charge in [0, 0.05) is 11.3 Å². The minimum Gasteiger partial charge on any atom is -0.494 e. The van der Waals surface area contributed by atoms with E-state index in [0.29, 0.717) is 40.9 Å². The van der Waals surface area contributed by atoms with Crippen molar-refractivity contribution < 1.29 is 23.7 Å². The number of amides is 1. The van der Waals surface area contributed by atoms with E-state index in [9.17, 15) is 10.1 Å². The molecule has 0 fully saturated rings. The molecule has 1 N–H and O–H groups in total. The number of nitriles is 1. The average Bonchev–Trinajstić information content (AvgIpc) is 2.72. The molecule has 2 rings (SSSR count). The van der Waals surface area contributed by atoms with Crippen LogP contribution in [0, 0.1) is 11.3 Å². The van der Waals surface area contributed by atoms with E-state index in [1.165, 1.54) is 27.4 Å². The third kappa shape index (κ3) is 4.74. The third-order valence-corrected chi connectivity index (χ3v) is 3.82. The maximum atomic E-state index is 12.5. The van der Waals surface area contributed by atoms with Crippen LogP contribution in [-0.4, -0.2) is 33.8 Å². The van der Waals surface area contributed by atoms with E-state index in [1.807, 2.05) is 13.0 Å². The van der Waals surface area contributed by atoms with Crippen molar-refractivity contribution >= 4 is 17.7 Å². The first-order valence-electron chi connectivity index (χ1n) is 8.52. The van der Waals surface area contributed by atoms with Gasteiger partial charge >= 0.3 is 0 Å². The van der Waals surface area contributed by atoms with Crippen molar-refractivity contribution in [1.29, 1.82) is 5.26 Å². The van der Waals surface area contributed by atoms with E-state index in [4.69, 9.17) is 18.9 Å². The molecule has 7 nitrogen and oxygen atoms in total. The molecule has 7 heteroatoms. The summed E-state index contributed by atoms with van der Waals surface area (Å²) in [7, 11) is 4.47. The van der Waals surface area contributed by atoms with Crippen LogP contribution in [0.1, 0.15) is 12.5 Å². The van der Waals surface area contributed by atoms with Crippen molar-refractivity contribution in [2.75, 3.05) is 33.3 Å². The van der Waals surface area contributed by atoms with Crippen LogP contribution in [0.3, 0.4) is 0 Å². The Kier molecular flexibility index (Phi) is 7.28.